The zero-order valence-corrected chi connectivity index (χ0v) is 21.3. The predicted octanol–water partition coefficient (Wildman–Crippen LogP) is 2.78. The Bertz CT molecular complexity index is 806. The van der Waals surface area contributed by atoms with Crippen LogP contribution in [-0.2, 0) is 23.9 Å². The summed E-state index contributed by atoms with van der Waals surface area (Å²) in [6, 6.07) is -0.578. The van der Waals surface area contributed by atoms with E-state index in [0.29, 0.717) is 43.5 Å². The summed E-state index contributed by atoms with van der Waals surface area (Å²) >= 11 is 0. The van der Waals surface area contributed by atoms with Crippen molar-refractivity contribution in [3.05, 3.63) is 22.7 Å². The molecule has 0 spiro atoms. The van der Waals surface area contributed by atoms with E-state index >= 15 is 0 Å². The molecule has 0 radical (unpaired) electrons. The maximum absolute atomic E-state index is 12.6. The van der Waals surface area contributed by atoms with E-state index in [1.165, 1.54) is 14.2 Å². The van der Waals surface area contributed by atoms with Crippen LogP contribution in [0.1, 0.15) is 77.6 Å². The number of carbonyl (C=O) groups is 3. The Balaban J connectivity index is 2.14. The summed E-state index contributed by atoms with van der Waals surface area (Å²) in [6.45, 7) is 2.83. The normalized spacial score (nSPS) is 14.8. The topological polar surface area (TPSA) is 164 Å². The predicted molar refractivity (Wildman–Crippen MR) is 134 cm³/mol. The van der Waals surface area contributed by atoms with Gasteiger partial charge in [0.05, 0.1) is 14.2 Å². The highest BCUT2D eigenvalue weighted by molar-refractivity contribution is 6.23. The van der Waals surface area contributed by atoms with Crippen molar-refractivity contribution in [3.63, 3.8) is 0 Å². The van der Waals surface area contributed by atoms with Crippen LogP contribution < -0.4 is 16.4 Å². The second kappa shape index (κ2) is 16.7. The summed E-state index contributed by atoms with van der Waals surface area (Å²) in [5.41, 5.74) is 6.18. The van der Waals surface area contributed by atoms with Crippen molar-refractivity contribution in [2.24, 2.45) is 5.73 Å². The first-order chi connectivity index (χ1) is 16.7. The molecule has 0 bridgehead atoms. The molecule has 1 aliphatic rings. The molecule has 1 aliphatic carbocycles. The number of rotatable bonds is 19. The Hall–Kier alpha value is -2.88. The van der Waals surface area contributed by atoms with E-state index < -0.39 is 12.0 Å². The number of aliphatic carboxylic acids is 1. The Morgan fingerprint density at radius 3 is 2.00 bits per heavy atom. The van der Waals surface area contributed by atoms with Crippen LogP contribution in [0.3, 0.4) is 0 Å². The molecule has 0 saturated heterocycles. The quantitative estimate of drug-likeness (QED) is 0.0786. The highest BCUT2D eigenvalue weighted by Crippen LogP contribution is 2.28. The van der Waals surface area contributed by atoms with Crippen LogP contribution >= 0.6 is 0 Å². The van der Waals surface area contributed by atoms with Crippen molar-refractivity contribution in [2.75, 3.05) is 27.3 Å². The third-order valence-electron chi connectivity index (χ3n) is 6.12. The maximum Gasteiger partial charge on any atom is 0.320 e. The maximum atomic E-state index is 12.6. The molecule has 198 valence electrons. The van der Waals surface area contributed by atoms with Crippen LogP contribution in [0.25, 0.3) is 0 Å². The number of hydrogen-bond donors (Lipinski definition) is 5. The average Bonchev–Trinajstić information content (AvgIpc) is 2.82. The smallest absolute Gasteiger partial charge is 0.320 e. The second-order valence-electron chi connectivity index (χ2n) is 8.73. The summed E-state index contributed by atoms with van der Waals surface area (Å²) in [7, 11) is 2.73. The number of carboxylic acids is 1. The number of ether oxygens (including phenoxy) is 2. The average molecular weight is 495 g/mol. The minimum absolute atomic E-state index is 0.00717. The summed E-state index contributed by atoms with van der Waals surface area (Å²) < 4.78 is 10.2. The number of Topliss-reactive ketones (excluding diaryl/α,β-unsaturated/α-hetero) is 2. The summed E-state index contributed by atoms with van der Waals surface area (Å²) in [6.07, 6.45) is 9.86. The van der Waals surface area contributed by atoms with Crippen molar-refractivity contribution in [3.8, 4) is 0 Å². The van der Waals surface area contributed by atoms with Gasteiger partial charge in [-0.2, -0.15) is 0 Å². The molecular formula is C25H42N4O6. The molecule has 0 heterocycles. The van der Waals surface area contributed by atoms with Crippen LogP contribution in [0.5, 0.6) is 0 Å². The van der Waals surface area contributed by atoms with Crippen molar-refractivity contribution < 1.29 is 29.0 Å². The van der Waals surface area contributed by atoms with Crippen molar-refractivity contribution in [2.45, 2.75) is 83.6 Å². The van der Waals surface area contributed by atoms with E-state index in [2.05, 4.69) is 10.6 Å². The third-order valence-corrected chi connectivity index (χ3v) is 6.12. The third kappa shape index (κ3) is 10.5. The number of guanidine groups is 1. The van der Waals surface area contributed by atoms with Crippen LogP contribution in [0.15, 0.2) is 22.7 Å². The number of hydrogen-bond acceptors (Lipinski definition) is 7. The number of nitrogens with two attached hydrogens (primary N) is 1. The first-order valence-electron chi connectivity index (χ1n) is 12.4. The van der Waals surface area contributed by atoms with Gasteiger partial charge in [0.2, 0.25) is 23.1 Å². The van der Waals surface area contributed by atoms with Gasteiger partial charge < -0.3 is 30.9 Å². The van der Waals surface area contributed by atoms with Crippen LogP contribution in [-0.4, -0.2) is 62.0 Å². The van der Waals surface area contributed by atoms with Gasteiger partial charge in [0.25, 0.3) is 0 Å². The fraction of sp³-hybridized carbons (Fsp3) is 0.680. The van der Waals surface area contributed by atoms with E-state index in [1.54, 1.807) is 6.92 Å². The summed E-state index contributed by atoms with van der Waals surface area (Å²) in [5, 5.41) is 22.2. The number of nitrogens with one attached hydrogen (secondary N) is 3. The van der Waals surface area contributed by atoms with Crippen LogP contribution in [0.2, 0.25) is 0 Å². The molecule has 0 saturated carbocycles. The first-order valence-corrected chi connectivity index (χ1v) is 12.4. The minimum Gasteiger partial charge on any atom is -0.489 e. The van der Waals surface area contributed by atoms with Gasteiger partial charge in [0.15, 0.2) is 5.96 Å². The van der Waals surface area contributed by atoms with Gasteiger partial charge in [-0.1, -0.05) is 38.5 Å². The lowest BCUT2D eigenvalue weighted by Crippen LogP contribution is -2.38. The number of methoxy groups -OCH3 is 2. The fourth-order valence-electron chi connectivity index (χ4n) is 4.10. The van der Waals surface area contributed by atoms with Crippen molar-refractivity contribution in [1.82, 2.24) is 10.6 Å². The van der Waals surface area contributed by atoms with Gasteiger partial charge in [0, 0.05) is 17.7 Å². The molecule has 1 rings (SSSR count). The van der Waals surface area contributed by atoms with Gasteiger partial charge in [-0.05, 0) is 45.6 Å². The molecule has 0 amide bonds. The minimum atomic E-state index is -0.855. The lowest BCUT2D eigenvalue weighted by Gasteiger charge is -2.20. The Kier molecular flexibility index (Phi) is 14.4. The molecule has 10 heteroatoms. The zero-order valence-electron chi connectivity index (χ0n) is 21.3. The molecule has 10 nitrogen and oxygen atoms in total. The van der Waals surface area contributed by atoms with Crippen molar-refractivity contribution >= 4 is 23.5 Å². The summed E-state index contributed by atoms with van der Waals surface area (Å²) in [4.78, 5) is 36.3. The highest BCUT2D eigenvalue weighted by Gasteiger charge is 2.34. The molecule has 0 aromatic carbocycles. The summed E-state index contributed by atoms with van der Waals surface area (Å²) in [5.74, 6) is -1.53. The molecule has 0 aromatic heterocycles. The molecule has 1 unspecified atom stereocenters. The second-order valence-corrected chi connectivity index (χ2v) is 8.73. The number of ketones is 2. The van der Waals surface area contributed by atoms with Gasteiger partial charge in [0.1, 0.15) is 6.04 Å². The van der Waals surface area contributed by atoms with Gasteiger partial charge in [-0.25, -0.2) is 0 Å². The molecule has 0 fully saturated rings. The number of allylic oxidation sites excluding steroid dienone is 2. The molecule has 6 N–H and O–H groups in total. The largest absolute Gasteiger partial charge is 0.489 e. The highest BCUT2D eigenvalue weighted by atomic mass is 16.5. The molecule has 0 aromatic rings. The molecule has 35 heavy (non-hydrogen) atoms. The Morgan fingerprint density at radius 1 is 0.914 bits per heavy atom. The van der Waals surface area contributed by atoms with E-state index in [-0.39, 0.29) is 29.0 Å². The number of carboxylic acid groups (broad SMARTS) is 1. The SMILES string of the molecule is COC1=C(OC)C(=O)C(CCCCCCCCCCNC(CCCNC(=N)N)C(=O)O)=C(C)C1=O. The number of unbranched alkanes of at least 4 members (excludes halogenated alkanes) is 7. The van der Waals surface area contributed by atoms with E-state index in [4.69, 9.17) is 20.6 Å². The standard InChI is InChI=1S/C25H42N4O6/c1-17-18(21(31)23(35-3)22(34-2)20(17)30)13-10-8-6-4-5-7-9-11-15-28-19(24(32)33)14-12-16-29-25(26)27/h19,28H,4-16H2,1-3H3,(H,32,33)(H4,26,27,29). The van der Waals surface area contributed by atoms with Gasteiger partial charge in [-0.15, -0.1) is 0 Å². The van der Waals surface area contributed by atoms with Crippen LogP contribution in [0, 0.1) is 5.41 Å². The number of carbonyl (C=O) groups excluding carboxylic acids is 2. The monoisotopic (exact) mass is 494 g/mol. The lowest BCUT2D eigenvalue weighted by atomic mass is 9.89. The van der Waals surface area contributed by atoms with E-state index in [1.807, 2.05) is 0 Å². The van der Waals surface area contributed by atoms with E-state index in [0.717, 1.165) is 51.4 Å². The molecule has 0 aliphatic heterocycles. The fourth-order valence-corrected chi connectivity index (χ4v) is 4.10. The Labute approximate surface area is 208 Å². The van der Waals surface area contributed by atoms with Crippen LogP contribution in [0.4, 0.5) is 0 Å². The van der Waals surface area contributed by atoms with Gasteiger partial charge in [-0.3, -0.25) is 19.8 Å². The Morgan fingerprint density at radius 2 is 1.46 bits per heavy atom. The van der Waals surface area contributed by atoms with Gasteiger partial charge >= 0.3 is 5.97 Å². The van der Waals surface area contributed by atoms with E-state index in [9.17, 15) is 19.5 Å². The molecule has 1 atom stereocenters. The first kappa shape index (κ1) is 30.2. The lowest BCUT2D eigenvalue weighted by molar-refractivity contribution is -0.139. The molecular weight excluding hydrogens is 452 g/mol. The van der Waals surface area contributed by atoms with Crippen molar-refractivity contribution in [1.29, 1.82) is 5.41 Å². The zero-order chi connectivity index (χ0) is 26.2.